The van der Waals surface area contributed by atoms with Crippen molar-refractivity contribution in [2.24, 2.45) is 11.8 Å². The molecule has 0 saturated carbocycles. The molecule has 154 valence electrons. The van der Waals surface area contributed by atoms with E-state index in [1.807, 2.05) is 23.1 Å². The molecule has 7 heteroatoms. The lowest BCUT2D eigenvalue weighted by molar-refractivity contribution is -0.148. The highest BCUT2D eigenvalue weighted by molar-refractivity contribution is 5.90. The van der Waals surface area contributed by atoms with Crippen LogP contribution in [0, 0.1) is 11.8 Å². The van der Waals surface area contributed by atoms with Gasteiger partial charge in [-0.15, -0.1) is 0 Å². The molecule has 4 aliphatic rings. The summed E-state index contributed by atoms with van der Waals surface area (Å²) in [5.74, 6) is -2.30. The van der Waals surface area contributed by atoms with Gasteiger partial charge in [-0.05, 0) is 25.1 Å². The van der Waals surface area contributed by atoms with E-state index in [-0.39, 0.29) is 5.91 Å². The highest BCUT2D eigenvalue weighted by Gasteiger charge is 2.66. The summed E-state index contributed by atoms with van der Waals surface area (Å²) in [7, 11) is 0. The Morgan fingerprint density at radius 1 is 1.14 bits per heavy atom. The number of fused-ring (bicyclic) bond motifs is 1. The van der Waals surface area contributed by atoms with E-state index in [4.69, 9.17) is 4.74 Å². The normalized spacial score (nSPS) is 33.5. The lowest BCUT2D eigenvalue weighted by atomic mass is 9.77. The fraction of sp³-hybridized carbons (Fsp3) is 0.545. The van der Waals surface area contributed by atoms with Crippen molar-refractivity contribution in [3.63, 3.8) is 0 Å². The van der Waals surface area contributed by atoms with Gasteiger partial charge < -0.3 is 19.6 Å². The fourth-order valence-corrected chi connectivity index (χ4v) is 5.40. The Kier molecular flexibility index (Phi) is 4.59. The number of benzene rings is 1. The van der Waals surface area contributed by atoms with Crippen LogP contribution < -0.4 is 4.90 Å². The molecule has 29 heavy (non-hydrogen) atoms. The molecule has 4 atom stereocenters. The van der Waals surface area contributed by atoms with E-state index in [0.29, 0.717) is 13.1 Å². The topological polar surface area (TPSA) is 73.3 Å². The monoisotopic (exact) mass is 397 g/mol. The Morgan fingerprint density at radius 2 is 1.90 bits per heavy atom. The van der Waals surface area contributed by atoms with Crippen LogP contribution in [-0.4, -0.2) is 84.3 Å². The second-order valence-electron chi connectivity index (χ2n) is 8.52. The van der Waals surface area contributed by atoms with Gasteiger partial charge >= 0.3 is 5.97 Å². The molecule has 0 aliphatic carbocycles. The standard InChI is InChI=1S/C22H27N3O4/c26-20-19-18(21(27)28)17-7-8-22(19,29-17)15-25(20)10-4-9-23-11-13-24(14-12-23)16-5-2-1-3-6-16/h1-3,5-8,17-19H,4,9-15H2,(H,27,28). The van der Waals surface area contributed by atoms with Crippen LogP contribution in [0.3, 0.4) is 0 Å². The third-order valence-corrected chi connectivity index (χ3v) is 6.86. The summed E-state index contributed by atoms with van der Waals surface area (Å²) in [5.41, 5.74) is 0.558. The molecule has 1 spiro atoms. The predicted molar refractivity (Wildman–Crippen MR) is 108 cm³/mol. The van der Waals surface area contributed by atoms with Crippen molar-refractivity contribution in [2.45, 2.75) is 18.1 Å². The van der Waals surface area contributed by atoms with Gasteiger partial charge in [0.25, 0.3) is 0 Å². The molecule has 1 aromatic carbocycles. The zero-order valence-electron chi connectivity index (χ0n) is 16.4. The van der Waals surface area contributed by atoms with Gasteiger partial charge in [0.05, 0.1) is 18.6 Å². The Balaban J connectivity index is 1.12. The number of rotatable bonds is 6. The summed E-state index contributed by atoms with van der Waals surface area (Å²) in [6.07, 6.45) is 4.18. The molecule has 3 saturated heterocycles. The first-order chi connectivity index (χ1) is 14.1. The highest BCUT2D eigenvalue weighted by atomic mass is 16.5. The van der Waals surface area contributed by atoms with Gasteiger partial charge in [0.15, 0.2) is 0 Å². The summed E-state index contributed by atoms with van der Waals surface area (Å²) >= 11 is 0. The van der Waals surface area contributed by atoms with Crippen molar-refractivity contribution in [3.05, 3.63) is 42.5 Å². The van der Waals surface area contributed by atoms with E-state index in [0.717, 1.165) is 39.1 Å². The number of piperazine rings is 1. The SMILES string of the molecule is O=C(O)C1C2C=CC3(CN(CCCN4CCN(c5ccccc5)CC4)C(=O)C13)O2. The number of anilines is 1. The van der Waals surface area contributed by atoms with Crippen LogP contribution in [0.15, 0.2) is 42.5 Å². The maximum atomic E-state index is 12.9. The van der Waals surface area contributed by atoms with Crippen LogP contribution in [0.2, 0.25) is 0 Å². The number of nitrogens with zero attached hydrogens (tertiary/aromatic N) is 3. The molecule has 1 amide bonds. The smallest absolute Gasteiger partial charge is 0.310 e. The molecule has 4 heterocycles. The average molecular weight is 397 g/mol. The maximum absolute atomic E-state index is 12.9. The molecular formula is C22H27N3O4. The average Bonchev–Trinajstić information content (AvgIpc) is 3.37. The third kappa shape index (κ3) is 3.13. The van der Waals surface area contributed by atoms with Crippen molar-refractivity contribution >= 4 is 17.6 Å². The number of hydrogen-bond acceptors (Lipinski definition) is 5. The minimum absolute atomic E-state index is 0.0573. The van der Waals surface area contributed by atoms with E-state index < -0.39 is 29.5 Å². The number of carboxylic acid groups (broad SMARTS) is 1. The van der Waals surface area contributed by atoms with Crippen molar-refractivity contribution in [1.82, 2.24) is 9.80 Å². The van der Waals surface area contributed by atoms with Crippen molar-refractivity contribution in [3.8, 4) is 0 Å². The minimum Gasteiger partial charge on any atom is -0.481 e. The molecule has 2 bridgehead atoms. The largest absolute Gasteiger partial charge is 0.481 e. The van der Waals surface area contributed by atoms with Crippen molar-refractivity contribution in [2.75, 3.05) is 50.7 Å². The van der Waals surface area contributed by atoms with E-state index in [2.05, 4.69) is 34.1 Å². The molecule has 1 N–H and O–H groups in total. The van der Waals surface area contributed by atoms with E-state index in [1.54, 1.807) is 0 Å². The Hall–Kier alpha value is -2.38. The molecule has 0 aromatic heterocycles. The van der Waals surface area contributed by atoms with Gasteiger partial charge in [-0.25, -0.2) is 0 Å². The van der Waals surface area contributed by atoms with Gasteiger partial charge in [-0.2, -0.15) is 0 Å². The molecule has 4 aliphatic heterocycles. The third-order valence-electron chi connectivity index (χ3n) is 6.86. The number of aliphatic carboxylic acids is 1. The predicted octanol–water partition coefficient (Wildman–Crippen LogP) is 1.07. The summed E-state index contributed by atoms with van der Waals surface area (Å²) in [4.78, 5) is 31.2. The molecule has 5 rings (SSSR count). The second-order valence-corrected chi connectivity index (χ2v) is 8.52. The maximum Gasteiger partial charge on any atom is 0.310 e. The van der Waals surface area contributed by atoms with Crippen LogP contribution in [0.4, 0.5) is 5.69 Å². The van der Waals surface area contributed by atoms with E-state index in [1.165, 1.54) is 5.69 Å². The minimum atomic E-state index is -0.933. The molecule has 7 nitrogen and oxygen atoms in total. The second kappa shape index (κ2) is 7.15. The van der Waals surface area contributed by atoms with Crippen LogP contribution in [0.1, 0.15) is 6.42 Å². The highest BCUT2D eigenvalue weighted by Crippen LogP contribution is 2.51. The first-order valence-electron chi connectivity index (χ1n) is 10.5. The van der Waals surface area contributed by atoms with Crippen LogP contribution in [0.5, 0.6) is 0 Å². The molecule has 3 fully saturated rings. The first-order valence-corrected chi connectivity index (χ1v) is 10.5. The number of hydrogen-bond donors (Lipinski definition) is 1. The Labute approximate surface area is 170 Å². The molecule has 4 unspecified atom stereocenters. The van der Waals surface area contributed by atoms with Gasteiger partial charge in [0.1, 0.15) is 11.5 Å². The van der Waals surface area contributed by atoms with Gasteiger partial charge in [0.2, 0.25) is 5.91 Å². The Morgan fingerprint density at radius 3 is 2.62 bits per heavy atom. The van der Waals surface area contributed by atoms with E-state index >= 15 is 0 Å². The lowest BCUT2D eigenvalue weighted by Crippen LogP contribution is -2.47. The van der Waals surface area contributed by atoms with Crippen molar-refractivity contribution < 1.29 is 19.4 Å². The number of likely N-dealkylation sites (tertiary alicyclic amines) is 1. The van der Waals surface area contributed by atoms with Crippen LogP contribution in [0.25, 0.3) is 0 Å². The van der Waals surface area contributed by atoms with Crippen LogP contribution in [-0.2, 0) is 14.3 Å². The number of carbonyl (C=O) groups excluding carboxylic acids is 1. The van der Waals surface area contributed by atoms with E-state index in [9.17, 15) is 14.7 Å². The van der Waals surface area contributed by atoms with Gasteiger partial charge in [-0.1, -0.05) is 30.4 Å². The summed E-state index contributed by atoms with van der Waals surface area (Å²) in [6.45, 7) is 6.15. The molecule has 0 radical (unpaired) electrons. The van der Waals surface area contributed by atoms with Crippen LogP contribution >= 0.6 is 0 Å². The quantitative estimate of drug-likeness (QED) is 0.724. The van der Waals surface area contributed by atoms with Gasteiger partial charge in [-0.3, -0.25) is 14.5 Å². The molecular weight excluding hydrogens is 370 g/mol. The number of carboxylic acids is 1. The number of ether oxygens (including phenoxy) is 1. The fourth-order valence-electron chi connectivity index (χ4n) is 5.40. The van der Waals surface area contributed by atoms with Gasteiger partial charge in [0, 0.05) is 38.4 Å². The summed E-state index contributed by atoms with van der Waals surface area (Å²) in [5, 5.41) is 9.54. The summed E-state index contributed by atoms with van der Waals surface area (Å²) in [6, 6.07) is 10.5. The van der Waals surface area contributed by atoms with Crippen molar-refractivity contribution in [1.29, 1.82) is 0 Å². The zero-order chi connectivity index (χ0) is 20.0. The zero-order valence-corrected chi connectivity index (χ0v) is 16.4. The first kappa shape index (κ1) is 18.6. The number of amides is 1. The number of para-hydroxylation sites is 1. The Bertz CT molecular complexity index is 821. The molecule has 1 aromatic rings. The summed E-state index contributed by atoms with van der Waals surface area (Å²) < 4.78 is 5.94. The number of carbonyl (C=O) groups is 2. The lowest BCUT2D eigenvalue weighted by Gasteiger charge is -2.36.